The monoisotopic (exact) mass is 419 g/mol. The number of hydrogen-bond acceptors (Lipinski definition) is 4. The molecule has 3 rings (SSSR count). The lowest BCUT2D eigenvalue weighted by atomic mass is 10.1. The van der Waals surface area contributed by atoms with Crippen LogP contribution >= 0.6 is 11.8 Å². The first-order valence-electron chi connectivity index (χ1n) is 9.78. The lowest BCUT2D eigenvalue weighted by Crippen LogP contribution is -2.23. The molecular formula is C24H25N3O2S. The van der Waals surface area contributed by atoms with Crippen molar-refractivity contribution in [3.63, 3.8) is 0 Å². The number of amides is 2. The SMILES string of the molecule is Cc1ccc(SCCC(=O)NCc2cccc(NC(=O)c3ccncc3)c2)cc1C. The molecule has 0 saturated heterocycles. The Labute approximate surface area is 181 Å². The smallest absolute Gasteiger partial charge is 0.255 e. The van der Waals surface area contributed by atoms with Crippen LogP contribution in [-0.2, 0) is 11.3 Å². The average Bonchev–Trinajstić information content (AvgIpc) is 2.76. The van der Waals surface area contributed by atoms with Gasteiger partial charge < -0.3 is 10.6 Å². The van der Waals surface area contributed by atoms with Crippen LogP contribution in [0, 0.1) is 13.8 Å². The summed E-state index contributed by atoms with van der Waals surface area (Å²) in [6, 6.07) is 17.2. The Morgan fingerprint density at radius 2 is 1.77 bits per heavy atom. The molecule has 0 aliphatic carbocycles. The second-order valence-corrected chi connectivity index (χ2v) is 8.18. The molecule has 0 bridgehead atoms. The molecule has 0 aliphatic rings. The second kappa shape index (κ2) is 10.6. The van der Waals surface area contributed by atoms with Gasteiger partial charge in [0.25, 0.3) is 5.91 Å². The minimum atomic E-state index is -0.193. The molecule has 2 aromatic carbocycles. The van der Waals surface area contributed by atoms with Crippen LogP contribution in [0.2, 0.25) is 0 Å². The van der Waals surface area contributed by atoms with E-state index in [-0.39, 0.29) is 11.8 Å². The summed E-state index contributed by atoms with van der Waals surface area (Å²) in [5.74, 6) is 0.551. The molecule has 0 spiro atoms. The number of thioether (sulfide) groups is 1. The van der Waals surface area contributed by atoms with Crippen LogP contribution in [0.4, 0.5) is 5.69 Å². The highest BCUT2D eigenvalue weighted by atomic mass is 32.2. The molecule has 0 atom stereocenters. The van der Waals surface area contributed by atoms with Crippen molar-refractivity contribution in [1.29, 1.82) is 0 Å². The summed E-state index contributed by atoms with van der Waals surface area (Å²) in [4.78, 5) is 29.5. The number of carbonyl (C=O) groups excluding carboxylic acids is 2. The largest absolute Gasteiger partial charge is 0.352 e. The molecule has 1 aromatic heterocycles. The highest BCUT2D eigenvalue weighted by Crippen LogP contribution is 2.21. The third-order valence-corrected chi connectivity index (χ3v) is 5.69. The average molecular weight is 420 g/mol. The summed E-state index contributed by atoms with van der Waals surface area (Å²) in [6.45, 7) is 4.61. The maximum Gasteiger partial charge on any atom is 0.255 e. The first kappa shape index (κ1) is 21.6. The number of anilines is 1. The fourth-order valence-electron chi connectivity index (χ4n) is 2.82. The normalized spacial score (nSPS) is 10.5. The molecule has 6 heteroatoms. The standard InChI is InChI=1S/C24H25N3O2S/c1-17-6-7-22(14-18(17)2)30-13-10-23(28)26-16-19-4-3-5-21(15-19)27-24(29)20-8-11-25-12-9-20/h3-9,11-12,14-15H,10,13,16H2,1-2H3,(H,26,28)(H,27,29). The van der Waals surface area contributed by atoms with Crippen molar-refractivity contribution < 1.29 is 9.59 Å². The molecule has 2 amide bonds. The third kappa shape index (κ3) is 6.46. The van der Waals surface area contributed by atoms with Crippen LogP contribution in [0.25, 0.3) is 0 Å². The Morgan fingerprint density at radius 1 is 0.967 bits per heavy atom. The van der Waals surface area contributed by atoms with E-state index in [0.717, 1.165) is 11.3 Å². The molecular weight excluding hydrogens is 394 g/mol. The fraction of sp³-hybridized carbons (Fsp3) is 0.208. The summed E-state index contributed by atoms with van der Waals surface area (Å²) in [5, 5.41) is 5.81. The molecule has 0 unspecified atom stereocenters. The van der Waals surface area contributed by atoms with E-state index in [9.17, 15) is 9.59 Å². The van der Waals surface area contributed by atoms with Gasteiger partial charge in [0.05, 0.1) is 0 Å². The quantitative estimate of drug-likeness (QED) is 0.517. The lowest BCUT2D eigenvalue weighted by Gasteiger charge is -2.09. The maximum atomic E-state index is 12.3. The molecule has 0 saturated carbocycles. The van der Waals surface area contributed by atoms with Crippen LogP contribution in [0.5, 0.6) is 0 Å². The molecule has 0 aliphatic heterocycles. The Morgan fingerprint density at radius 3 is 2.53 bits per heavy atom. The summed E-state index contributed by atoms with van der Waals surface area (Å²) in [5.41, 5.74) is 4.70. The minimum absolute atomic E-state index is 0.0116. The van der Waals surface area contributed by atoms with E-state index in [1.54, 1.807) is 36.3 Å². The van der Waals surface area contributed by atoms with Crippen LogP contribution in [0.3, 0.4) is 0 Å². The number of aryl methyl sites for hydroxylation is 2. The van der Waals surface area contributed by atoms with Gasteiger partial charge in [-0.25, -0.2) is 0 Å². The van der Waals surface area contributed by atoms with E-state index in [0.29, 0.717) is 24.2 Å². The number of nitrogens with zero attached hydrogens (tertiary/aromatic N) is 1. The van der Waals surface area contributed by atoms with Gasteiger partial charge in [0.1, 0.15) is 0 Å². The van der Waals surface area contributed by atoms with E-state index in [4.69, 9.17) is 0 Å². The van der Waals surface area contributed by atoms with E-state index in [1.807, 2.05) is 24.3 Å². The van der Waals surface area contributed by atoms with Crippen molar-refractivity contribution in [1.82, 2.24) is 10.3 Å². The third-order valence-electron chi connectivity index (χ3n) is 4.69. The minimum Gasteiger partial charge on any atom is -0.352 e. The predicted molar refractivity (Wildman–Crippen MR) is 122 cm³/mol. The van der Waals surface area contributed by atoms with Gasteiger partial charge in [-0.05, 0) is 66.9 Å². The van der Waals surface area contributed by atoms with Gasteiger partial charge >= 0.3 is 0 Å². The van der Waals surface area contributed by atoms with Crippen molar-refractivity contribution >= 4 is 29.3 Å². The summed E-state index contributed by atoms with van der Waals surface area (Å²) >= 11 is 1.69. The maximum absolute atomic E-state index is 12.3. The zero-order valence-corrected chi connectivity index (χ0v) is 18.0. The molecule has 154 valence electrons. The van der Waals surface area contributed by atoms with Crippen molar-refractivity contribution in [3.8, 4) is 0 Å². The summed E-state index contributed by atoms with van der Waals surface area (Å²) in [7, 11) is 0. The van der Waals surface area contributed by atoms with Gasteiger partial charge in [-0.15, -0.1) is 11.8 Å². The van der Waals surface area contributed by atoms with Gasteiger partial charge in [0.2, 0.25) is 5.91 Å². The molecule has 5 nitrogen and oxygen atoms in total. The number of nitrogens with one attached hydrogen (secondary N) is 2. The van der Waals surface area contributed by atoms with Crippen LogP contribution in [0.1, 0.15) is 33.5 Å². The second-order valence-electron chi connectivity index (χ2n) is 7.01. The van der Waals surface area contributed by atoms with Crippen molar-refractivity contribution in [3.05, 3.63) is 89.2 Å². The fourth-order valence-corrected chi connectivity index (χ4v) is 3.77. The summed E-state index contributed by atoms with van der Waals surface area (Å²) < 4.78 is 0. The topological polar surface area (TPSA) is 71.1 Å². The first-order valence-corrected chi connectivity index (χ1v) is 10.8. The van der Waals surface area contributed by atoms with Crippen LogP contribution < -0.4 is 10.6 Å². The zero-order chi connectivity index (χ0) is 21.3. The molecule has 0 fully saturated rings. The van der Waals surface area contributed by atoms with E-state index < -0.39 is 0 Å². The van der Waals surface area contributed by atoms with Gasteiger partial charge in [-0.2, -0.15) is 0 Å². The number of rotatable bonds is 8. The van der Waals surface area contributed by atoms with E-state index in [1.165, 1.54) is 16.0 Å². The number of hydrogen-bond donors (Lipinski definition) is 2. The zero-order valence-electron chi connectivity index (χ0n) is 17.1. The van der Waals surface area contributed by atoms with Gasteiger partial charge in [0.15, 0.2) is 0 Å². The molecule has 0 radical (unpaired) electrons. The molecule has 30 heavy (non-hydrogen) atoms. The van der Waals surface area contributed by atoms with Crippen molar-refractivity contribution in [2.75, 3.05) is 11.1 Å². The number of pyridine rings is 1. The van der Waals surface area contributed by atoms with Crippen molar-refractivity contribution in [2.45, 2.75) is 31.7 Å². The van der Waals surface area contributed by atoms with E-state index >= 15 is 0 Å². The molecule has 1 heterocycles. The van der Waals surface area contributed by atoms with Crippen LogP contribution in [0.15, 0.2) is 71.9 Å². The van der Waals surface area contributed by atoms with Gasteiger partial charge in [-0.3, -0.25) is 14.6 Å². The first-order chi connectivity index (χ1) is 14.5. The Balaban J connectivity index is 1.45. The Kier molecular flexibility index (Phi) is 7.63. The molecule has 3 aromatic rings. The predicted octanol–water partition coefficient (Wildman–Crippen LogP) is 4.75. The molecule has 2 N–H and O–H groups in total. The lowest BCUT2D eigenvalue weighted by molar-refractivity contribution is -0.120. The van der Waals surface area contributed by atoms with Gasteiger partial charge in [-0.1, -0.05) is 18.2 Å². The number of aromatic nitrogens is 1. The van der Waals surface area contributed by atoms with Crippen LogP contribution in [-0.4, -0.2) is 22.6 Å². The van der Waals surface area contributed by atoms with E-state index in [2.05, 4.69) is 47.7 Å². The number of carbonyl (C=O) groups is 2. The summed E-state index contributed by atoms with van der Waals surface area (Å²) in [6.07, 6.45) is 3.62. The van der Waals surface area contributed by atoms with Gasteiger partial charge in [0, 0.05) is 47.3 Å². The Bertz CT molecular complexity index is 1020. The van der Waals surface area contributed by atoms with Crippen molar-refractivity contribution in [2.24, 2.45) is 0 Å². The Hall–Kier alpha value is -3.12. The number of benzene rings is 2. The highest BCUT2D eigenvalue weighted by molar-refractivity contribution is 7.99. The highest BCUT2D eigenvalue weighted by Gasteiger charge is 2.07.